The summed E-state index contributed by atoms with van der Waals surface area (Å²) in [6.45, 7) is 0.554. The van der Waals surface area contributed by atoms with Crippen LogP contribution in [0.25, 0.3) is 0 Å². The van der Waals surface area contributed by atoms with Gasteiger partial charge in [0.1, 0.15) is 5.75 Å². The molecule has 0 bridgehead atoms. The molecule has 0 saturated carbocycles. The quantitative estimate of drug-likeness (QED) is 0.803. The first-order chi connectivity index (χ1) is 12.6. The van der Waals surface area contributed by atoms with Crippen molar-refractivity contribution in [2.45, 2.75) is 18.8 Å². The maximum Gasteiger partial charge on any atom is 0.257 e. The first-order valence-corrected chi connectivity index (χ1v) is 8.88. The minimum Gasteiger partial charge on any atom is -0.493 e. The van der Waals surface area contributed by atoms with E-state index in [0.717, 1.165) is 24.3 Å². The molecule has 6 heteroatoms. The molecular formula is C20H22ClNO4. The molecule has 0 radical (unpaired) electrons. The number of nitrogens with one attached hydrogen (secondary N) is 1. The summed E-state index contributed by atoms with van der Waals surface area (Å²) in [6.07, 6.45) is 1.96. The lowest BCUT2D eigenvalue weighted by Gasteiger charge is -2.15. The first kappa shape index (κ1) is 18.4. The number of methoxy groups -OCH3 is 2. The van der Waals surface area contributed by atoms with Crippen LogP contribution in [0.2, 0.25) is 5.02 Å². The Morgan fingerprint density at radius 2 is 1.85 bits per heavy atom. The van der Waals surface area contributed by atoms with Crippen LogP contribution in [0.5, 0.6) is 17.2 Å². The molecule has 0 fully saturated rings. The van der Waals surface area contributed by atoms with Crippen LogP contribution in [0.15, 0.2) is 36.4 Å². The van der Waals surface area contributed by atoms with Gasteiger partial charge in [-0.1, -0.05) is 11.6 Å². The standard InChI is InChI=1S/C20H22ClNO4/c1-24-18-9-13-3-4-14(17(13)10-19(18)25-2)11-22-20(23)12-26-16-7-5-15(21)6-8-16/h5-10,14H,3-4,11-12H2,1-2H3,(H,22,23). The lowest BCUT2D eigenvalue weighted by atomic mass is 10.0. The van der Waals surface area contributed by atoms with Gasteiger partial charge < -0.3 is 19.5 Å². The van der Waals surface area contributed by atoms with E-state index in [1.807, 2.05) is 12.1 Å². The van der Waals surface area contributed by atoms with E-state index < -0.39 is 0 Å². The maximum atomic E-state index is 12.1. The van der Waals surface area contributed by atoms with E-state index >= 15 is 0 Å². The molecule has 0 spiro atoms. The molecule has 26 heavy (non-hydrogen) atoms. The van der Waals surface area contributed by atoms with Gasteiger partial charge in [0.25, 0.3) is 5.91 Å². The summed E-state index contributed by atoms with van der Waals surface area (Å²) in [5.74, 6) is 2.20. The first-order valence-electron chi connectivity index (χ1n) is 8.50. The van der Waals surface area contributed by atoms with E-state index in [2.05, 4.69) is 5.32 Å². The van der Waals surface area contributed by atoms with E-state index in [9.17, 15) is 4.79 Å². The third-order valence-corrected chi connectivity index (χ3v) is 4.83. The molecule has 1 aliphatic carbocycles. The van der Waals surface area contributed by atoms with Crippen molar-refractivity contribution in [2.24, 2.45) is 0 Å². The van der Waals surface area contributed by atoms with E-state index in [4.69, 9.17) is 25.8 Å². The van der Waals surface area contributed by atoms with Gasteiger partial charge in [0, 0.05) is 17.5 Å². The molecule has 2 aromatic rings. The second-order valence-electron chi connectivity index (χ2n) is 6.19. The molecule has 1 unspecified atom stereocenters. The summed E-state index contributed by atoms with van der Waals surface area (Å²) in [5, 5.41) is 3.58. The maximum absolute atomic E-state index is 12.1. The predicted molar refractivity (Wildman–Crippen MR) is 101 cm³/mol. The summed E-state index contributed by atoms with van der Waals surface area (Å²) >= 11 is 5.83. The van der Waals surface area contributed by atoms with Crippen LogP contribution >= 0.6 is 11.6 Å². The third kappa shape index (κ3) is 4.22. The zero-order valence-corrected chi connectivity index (χ0v) is 15.6. The Labute approximate surface area is 158 Å². The molecule has 0 heterocycles. The van der Waals surface area contributed by atoms with E-state index in [-0.39, 0.29) is 18.4 Å². The fourth-order valence-corrected chi connectivity index (χ4v) is 3.32. The molecule has 1 amide bonds. The number of hydrogen-bond acceptors (Lipinski definition) is 4. The van der Waals surface area contributed by atoms with Crippen LogP contribution in [-0.2, 0) is 11.2 Å². The number of rotatable bonds is 7. The van der Waals surface area contributed by atoms with Gasteiger partial charge in [-0.15, -0.1) is 0 Å². The van der Waals surface area contributed by atoms with Gasteiger partial charge in [-0.3, -0.25) is 4.79 Å². The van der Waals surface area contributed by atoms with Crippen molar-refractivity contribution in [2.75, 3.05) is 27.4 Å². The summed E-state index contributed by atoms with van der Waals surface area (Å²) < 4.78 is 16.2. The number of fused-ring (bicyclic) bond motifs is 1. The molecule has 138 valence electrons. The van der Waals surface area contributed by atoms with E-state index in [1.54, 1.807) is 38.5 Å². The Kier molecular flexibility index (Phi) is 5.89. The number of carbonyl (C=O) groups excluding carboxylic acids is 1. The molecule has 2 aromatic carbocycles. The summed E-state index contributed by atoms with van der Waals surface area (Å²) in [6, 6.07) is 11.0. The second-order valence-corrected chi connectivity index (χ2v) is 6.62. The minimum atomic E-state index is -0.145. The number of benzene rings is 2. The fourth-order valence-electron chi connectivity index (χ4n) is 3.20. The number of halogens is 1. The van der Waals surface area contributed by atoms with Gasteiger partial charge in [-0.2, -0.15) is 0 Å². The van der Waals surface area contributed by atoms with Crippen LogP contribution < -0.4 is 19.5 Å². The normalized spacial score (nSPS) is 15.3. The van der Waals surface area contributed by atoms with Crippen LogP contribution in [0.3, 0.4) is 0 Å². The Bertz CT molecular complexity index is 776. The van der Waals surface area contributed by atoms with Crippen molar-refractivity contribution < 1.29 is 19.0 Å². The monoisotopic (exact) mass is 375 g/mol. The topological polar surface area (TPSA) is 56.8 Å². The second kappa shape index (κ2) is 8.32. The largest absolute Gasteiger partial charge is 0.493 e. The molecule has 5 nitrogen and oxygen atoms in total. The Morgan fingerprint density at radius 3 is 2.54 bits per heavy atom. The van der Waals surface area contributed by atoms with Gasteiger partial charge in [0.05, 0.1) is 14.2 Å². The van der Waals surface area contributed by atoms with Crippen molar-refractivity contribution in [3.63, 3.8) is 0 Å². The van der Waals surface area contributed by atoms with Crippen molar-refractivity contribution in [3.8, 4) is 17.2 Å². The number of carbonyl (C=O) groups is 1. The smallest absolute Gasteiger partial charge is 0.257 e. The van der Waals surface area contributed by atoms with Crippen molar-refractivity contribution in [3.05, 3.63) is 52.5 Å². The van der Waals surface area contributed by atoms with Gasteiger partial charge in [0.2, 0.25) is 0 Å². The van der Waals surface area contributed by atoms with Crippen LogP contribution in [0.1, 0.15) is 23.5 Å². The predicted octanol–water partition coefficient (Wildman–Crippen LogP) is 3.58. The highest BCUT2D eigenvalue weighted by Crippen LogP contribution is 2.40. The van der Waals surface area contributed by atoms with Gasteiger partial charge in [0.15, 0.2) is 18.1 Å². The average molecular weight is 376 g/mol. The Hall–Kier alpha value is -2.40. The minimum absolute atomic E-state index is 0.0207. The highest BCUT2D eigenvalue weighted by molar-refractivity contribution is 6.30. The number of amides is 1. The fraction of sp³-hybridized carbons (Fsp3) is 0.350. The molecule has 1 aliphatic rings. The Morgan fingerprint density at radius 1 is 1.15 bits per heavy atom. The molecule has 1 N–H and O–H groups in total. The highest BCUT2D eigenvalue weighted by Gasteiger charge is 2.25. The van der Waals surface area contributed by atoms with Gasteiger partial charge in [-0.05, 0) is 60.4 Å². The highest BCUT2D eigenvalue weighted by atomic mass is 35.5. The molecule has 1 atom stereocenters. The summed E-state index contributed by atoms with van der Waals surface area (Å²) in [4.78, 5) is 12.1. The van der Waals surface area contributed by atoms with Crippen LogP contribution in [-0.4, -0.2) is 33.3 Å². The SMILES string of the molecule is COc1cc2c(cc1OC)C(CNC(=O)COc1ccc(Cl)cc1)CC2. The number of hydrogen-bond donors (Lipinski definition) is 1. The molecule has 0 aliphatic heterocycles. The number of aryl methyl sites for hydroxylation is 1. The van der Waals surface area contributed by atoms with Gasteiger partial charge in [-0.25, -0.2) is 0 Å². The van der Waals surface area contributed by atoms with E-state index in [0.29, 0.717) is 17.3 Å². The molecular weight excluding hydrogens is 354 g/mol. The summed E-state index contributed by atoms with van der Waals surface area (Å²) in [7, 11) is 3.27. The lowest BCUT2D eigenvalue weighted by molar-refractivity contribution is -0.123. The lowest BCUT2D eigenvalue weighted by Crippen LogP contribution is -2.32. The van der Waals surface area contributed by atoms with Crippen molar-refractivity contribution in [1.82, 2.24) is 5.32 Å². The zero-order valence-electron chi connectivity index (χ0n) is 14.9. The van der Waals surface area contributed by atoms with Crippen molar-refractivity contribution >= 4 is 17.5 Å². The van der Waals surface area contributed by atoms with Crippen molar-refractivity contribution in [1.29, 1.82) is 0 Å². The molecule has 3 rings (SSSR count). The van der Waals surface area contributed by atoms with Gasteiger partial charge >= 0.3 is 0 Å². The Balaban J connectivity index is 1.54. The van der Waals surface area contributed by atoms with Crippen LogP contribution in [0.4, 0.5) is 0 Å². The zero-order chi connectivity index (χ0) is 18.5. The molecule has 0 aromatic heterocycles. The average Bonchev–Trinajstić information content (AvgIpc) is 3.06. The molecule has 0 saturated heterocycles. The third-order valence-electron chi connectivity index (χ3n) is 4.58. The summed E-state index contributed by atoms with van der Waals surface area (Å²) in [5.41, 5.74) is 2.46. The number of ether oxygens (including phenoxy) is 3. The van der Waals surface area contributed by atoms with E-state index in [1.165, 1.54) is 11.1 Å². The van der Waals surface area contributed by atoms with Crippen LogP contribution in [0, 0.1) is 0 Å².